The van der Waals surface area contributed by atoms with Gasteiger partial charge in [0.05, 0.1) is 18.5 Å². The zero-order chi connectivity index (χ0) is 19.4. The highest BCUT2D eigenvalue weighted by molar-refractivity contribution is 7.07. The highest BCUT2D eigenvalue weighted by Crippen LogP contribution is 2.25. The van der Waals surface area contributed by atoms with Crippen LogP contribution in [-0.2, 0) is 0 Å². The van der Waals surface area contributed by atoms with Gasteiger partial charge in [-0.25, -0.2) is 9.07 Å². The Bertz CT molecular complexity index is 1080. The third-order valence-electron chi connectivity index (χ3n) is 3.64. The number of thiazole rings is 1. The van der Waals surface area contributed by atoms with Crippen LogP contribution in [0.15, 0.2) is 70.1 Å². The number of phenols is 2. The van der Waals surface area contributed by atoms with Gasteiger partial charge in [-0.2, -0.15) is 5.10 Å². The molecule has 2 aromatic carbocycles. The van der Waals surface area contributed by atoms with E-state index in [2.05, 4.69) is 16.7 Å². The summed E-state index contributed by atoms with van der Waals surface area (Å²) in [5, 5.41) is 25.3. The number of nitrogens with zero attached hydrogens (tertiary/aromatic N) is 3. The summed E-state index contributed by atoms with van der Waals surface area (Å²) in [5.74, 6) is -0.803. The molecule has 0 bridgehead atoms. The van der Waals surface area contributed by atoms with Gasteiger partial charge in [0.1, 0.15) is 5.82 Å². The van der Waals surface area contributed by atoms with E-state index in [0.717, 1.165) is 5.57 Å². The molecule has 1 aromatic heterocycles. The molecule has 0 aliphatic rings. The number of phenolic OH excluding ortho intramolecular Hbond substituents is 2. The van der Waals surface area contributed by atoms with Crippen molar-refractivity contribution in [1.82, 2.24) is 4.68 Å². The van der Waals surface area contributed by atoms with Gasteiger partial charge in [0.15, 0.2) is 11.5 Å². The number of benzene rings is 2. The Kier molecular flexibility index (Phi) is 5.52. The van der Waals surface area contributed by atoms with Gasteiger partial charge in [0.2, 0.25) is 4.80 Å². The quantitative estimate of drug-likeness (QED) is 0.395. The molecule has 0 fully saturated rings. The van der Waals surface area contributed by atoms with Gasteiger partial charge in [-0.05, 0) is 42.8 Å². The molecule has 3 rings (SSSR count). The lowest BCUT2D eigenvalue weighted by Crippen LogP contribution is -2.13. The summed E-state index contributed by atoms with van der Waals surface area (Å²) in [4.78, 5) is 5.07. The fourth-order valence-electron chi connectivity index (χ4n) is 2.32. The van der Waals surface area contributed by atoms with Crippen molar-refractivity contribution in [2.24, 2.45) is 10.1 Å². The Labute approximate surface area is 159 Å². The van der Waals surface area contributed by atoms with Crippen LogP contribution >= 0.6 is 11.3 Å². The van der Waals surface area contributed by atoms with Gasteiger partial charge < -0.3 is 10.2 Å². The molecule has 0 aliphatic carbocycles. The van der Waals surface area contributed by atoms with Crippen LogP contribution in [0.25, 0.3) is 11.3 Å². The summed E-state index contributed by atoms with van der Waals surface area (Å²) in [6, 6.07) is 10.8. The normalized spacial score (nSPS) is 12.0. The first-order valence-corrected chi connectivity index (χ1v) is 9.00. The first-order valence-electron chi connectivity index (χ1n) is 8.12. The highest BCUT2D eigenvalue weighted by Gasteiger charge is 2.11. The molecule has 3 aromatic rings. The minimum atomic E-state index is -0.354. The van der Waals surface area contributed by atoms with Gasteiger partial charge in [-0.1, -0.05) is 24.3 Å². The average Bonchev–Trinajstić information content (AvgIpc) is 3.04. The molecule has 5 nitrogen and oxygen atoms in total. The highest BCUT2D eigenvalue weighted by atomic mass is 32.1. The van der Waals surface area contributed by atoms with Gasteiger partial charge in [-0.3, -0.25) is 4.99 Å². The summed E-state index contributed by atoms with van der Waals surface area (Å²) in [6.07, 6.45) is 1.51. The first-order chi connectivity index (χ1) is 13.0. The smallest absolute Gasteiger partial charge is 0.206 e. The van der Waals surface area contributed by atoms with Crippen LogP contribution in [-0.4, -0.2) is 27.6 Å². The summed E-state index contributed by atoms with van der Waals surface area (Å²) in [7, 11) is 0. The second kappa shape index (κ2) is 8.01. The van der Waals surface area contributed by atoms with Crippen molar-refractivity contribution in [3.8, 4) is 22.8 Å². The maximum atomic E-state index is 14.3. The average molecular weight is 383 g/mol. The van der Waals surface area contributed by atoms with Crippen LogP contribution in [0.4, 0.5) is 4.39 Å². The number of hydrogen-bond acceptors (Lipinski definition) is 5. The van der Waals surface area contributed by atoms with Gasteiger partial charge >= 0.3 is 0 Å². The Balaban J connectivity index is 2.10. The van der Waals surface area contributed by atoms with Crippen LogP contribution in [0.1, 0.15) is 12.5 Å². The monoisotopic (exact) mass is 383 g/mol. The molecule has 0 spiro atoms. The molecule has 138 valence electrons. The molecule has 2 N–H and O–H groups in total. The van der Waals surface area contributed by atoms with Crippen molar-refractivity contribution in [2.75, 3.05) is 6.54 Å². The predicted molar refractivity (Wildman–Crippen MR) is 106 cm³/mol. The van der Waals surface area contributed by atoms with E-state index in [1.807, 2.05) is 6.92 Å². The number of aromatic nitrogens is 1. The van der Waals surface area contributed by atoms with E-state index >= 15 is 0 Å². The van der Waals surface area contributed by atoms with Crippen LogP contribution in [0.5, 0.6) is 11.5 Å². The van der Waals surface area contributed by atoms with Crippen molar-refractivity contribution < 1.29 is 14.6 Å². The molecule has 0 aliphatic heterocycles. The van der Waals surface area contributed by atoms with Crippen molar-refractivity contribution in [2.45, 2.75) is 6.92 Å². The molecule has 27 heavy (non-hydrogen) atoms. The Hall–Kier alpha value is -3.19. The van der Waals surface area contributed by atoms with Crippen LogP contribution in [0.3, 0.4) is 0 Å². The SMILES string of the molecule is C=C(C)CN=c1scc(-c2ccccc2F)n1N=Cc1ccc(O)c(O)c1. The number of halogens is 1. The molecule has 0 saturated carbocycles. The van der Waals surface area contributed by atoms with E-state index in [1.54, 1.807) is 34.3 Å². The largest absolute Gasteiger partial charge is 0.504 e. The van der Waals surface area contributed by atoms with Crippen LogP contribution in [0, 0.1) is 5.82 Å². The lowest BCUT2D eigenvalue weighted by atomic mass is 10.1. The standard InChI is InChI=1S/C20H18FN3O2S/c1-13(2)10-22-20-24(23-11-14-7-8-18(25)19(26)9-14)17(12-27-20)15-5-3-4-6-16(15)21/h3-9,11-12,25-26H,1,10H2,2H3. The van der Waals surface area contributed by atoms with E-state index in [0.29, 0.717) is 28.2 Å². The minimum absolute atomic E-state index is 0.209. The number of aromatic hydroxyl groups is 2. The molecule has 0 radical (unpaired) electrons. The molecular formula is C20H18FN3O2S. The Morgan fingerprint density at radius 1 is 1.22 bits per heavy atom. The maximum Gasteiger partial charge on any atom is 0.206 e. The van der Waals surface area contributed by atoms with Crippen molar-refractivity contribution >= 4 is 17.6 Å². The van der Waals surface area contributed by atoms with E-state index in [-0.39, 0.29) is 17.3 Å². The van der Waals surface area contributed by atoms with E-state index in [4.69, 9.17) is 0 Å². The molecule has 0 atom stereocenters. The first kappa shape index (κ1) is 18.6. The third-order valence-corrected chi connectivity index (χ3v) is 4.50. The fourth-order valence-corrected chi connectivity index (χ4v) is 3.15. The van der Waals surface area contributed by atoms with E-state index < -0.39 is 0 Å². The zero-order valence-electron chi connectivity index (χ0n) is 14.6. The summed E-state index contributed by atoms with van der Waals surface area (Å²) in [6.45, 7) is 6.16. The summed E-state index contributed by atoms with van der Waals surface area (Å²) >= 11 is 1.35. The third kappa shape index (κ3) is 4.32. The Morgan fingerprint density at radius 2 is 2.00 bits per heavy atom. The maximum absolute atomic E-state index is 14.3. The minimum Gasteiger partial charge on any atom is -0.504 e. The molecule has 0 saturated heterocycles. The summed E-state index contributed by atoms with van der Waals surface area (Å²) in [5.41, 5.74) is 2.46. The lowest BCUT2D eigenvalue weighted by molar-refractivity contribution is 0.403. The van der Waals surface area contributed by atoms with Crippen molar-refractivity contribution in [1.29, 1.82) is 0 Å². The molecule has 0 unspecified atom stereocenters. The van der Waals surface area contributed by atoms with Gasteiger partial charge in [-0.15, -0.1) is 11.3 Å². The number of hydrogen-bond donors (Lipinski definition) is 2. The number of rotatable bonds is 5. The fraction of sp³-hybridized carbons (Fsp3) is 0.100. The topological polar surface area (TPSA) is 70.1 Å². The molecular weight excluding hydrogens is 365 g/mol. The predicted octanol–water partition coefficient (Wildman–Crippen LogP) is 4.13. The van der Waals surface area contributed by atoms with E-state index in [1.165, 1.54) is 35.8 Å². The Morgan fingerprint density at radius 3 is 2.70 bits per heavy atom. The molecule has 0 amide bonds. The van der Waals surface area contributed by atoms with Crippen LogP contribution < -0.4 is 4.80 Å². The van der Waals surface area contributed by atoms with Gasteiger partial charge in [0, 0.05) is 10.9 Å². The summed E-state index contributed by atoms with van der Waals surface area (Å²) < 4.78 is 15.8. The molecule has 1 heterocycles. The van der Waals surface area contributed by atoms with Gasteiger partial charge in [0.25, 0.3) is 0 Å². The second-order valence-corrected chi connectivity index (χ2v) is 6.80. The van der Waals surface area contributed by atoms with Crippen molar-refractivity contribution in [3.05, 3.63) is 76.2 Å². The van der Waals surface area contributed by atoms with Crippen LogP contribution in [0.2, 0.25) is 0 Å². The molecule has 7 heteroatoms. The zero-order valence-corrected chi connectivity index (χ0v) is 15.4. The second-order valence-electron chi connectivity index (χ2n) is 5.96. The van der Waals surface area contributed by atoms with Crippen molar-refractivity contribution in [3.63, 3.8) is 0 Å². The van der Waals surface area contributed by atoms with E-state index in [9.17, 15) is 14.6 Å². The lowest BCUT2D eigenvalue weighted by Gasteiger charge is -2.05.